The molecule has 0 unspecified atom stereocenters. The number of carbonyl (C=O) groups excluding carboxylic acids is 1. The molecular weight excluding hydrogens is 186 g/mol. The van der Waals surface area contributed by atoms with E-state index in [1.807, 2.05) is 17.7 Å². The number of H-pyrrole nitrogens is 1. The molecule has 1 amide bonds. The van der Waals surface area contributed by atoms with Crippen molar-refractivity contribution in [2.45, 2.75) is 26.3 Å². The van der Waals surface area contributed by atoms with E-state index in [-0.39, 0.29) is 5.91 Å². The molecule has 3 N–H and O–H groups in total. The van der Waals surface area contributed by atoms with Crippen molar-refractivity contribution in [1.29, 1.82) is 0 Å². The number of primary amides is 1. The molecular formula is C8H13N3OS. The number of aromatic amines is 1. The SMILES string of the molecule is Cc1cn(CCCC(N)=O)c(=S)[nH]1. The Morgan fingerprint density at radius 1 is 1.77 bits per heavy atom. The van der Waals surface area contributed by atoms with Gasteiger partial charge in [0.15, 0.2) is 4.77 Å². The van der Waals surface area contributed by atoms with Gasteiger partial charge in [-0.2, -0.15) is 0 Å². The molecule has 1 aromatic rings. The highest BCUT2D eigenvalue weighted by atomic mass is 32.1. The van der Waals surface area contributed by atoms with Crippen LogP contribution in [-0.4, -0.2) is 15.5 Å². The third-order valence-corrected chi connectivity index (χ3v) is 2.07. The van der Waals surface area contributed by atoms with Crippen LogP contribution in [0.2, 0.25) is 0 Å². The second-order valence-electron chi connectivity index (χ2n) is 3.01. The van der Waals surface area contributed by atoms with Gasteiger partial charge >= 0.3 is 0 Å². The maximum Gasteiger partial charge on any atom is 0.217 e. The Hall–Kier alpha value is -1.10. The van der Waals surface area contributed by atoms with Crippen LogP contribution < -0.4 is 5.73 Å². The van der Waals surface area contributed by atoms with Crippen LogP contribution in [0, 0.1) is 11.7 Å². The summed E-state index contributed by atoms with van der Waals surface area (Å²) in [7, 11) is 0. The second-order valence-corrected chi connectivity index (χ2v) is 3.39. The van der Waals surface area contributed by atoms with Crippen molar-refractivity contribution in [3.63, 3.8) is 0 Å². The zero-order chi connectivity index (χ0) is 9.84. The highest BCUT2D eigenvalue weighted by Crippen LogP contribution is 2.00. The number of amides is 1. The van der Waals surface area contributed by atoms with Gasteiger partial charge < -0.3 is 15.3 Å². The van der Waals surface area contributed by atoms with Gasteiger partial charge in [0, 0.05) is 24.9 Å². The van der Waals surface area contributed by atoms with E-state index in [0.717, 1.165) is 18.7 Å². The van der Waals surface area contributed by atoms with Gasteiger partial charge in [-0.25, -0.2) is 0 Å². The molecule has 0 saturated heterocycles. The smallest absolute Gasteiger partial charge is 0.217 e. The Kier molecular flexibility index (Phi) is 3.25. The molecule has 0 fully saturated rings. The van der Waals surface area contributed by atoms with Crippen LogP contribution in [0.25, 0.3) is 0 Å². The minimum Gasteiger partial charge on any atom is -0.370 e. The standard InChI is InChI=1S/C8H13N3OS/c1-6-5-11(8(13)10-6)4-2-3-7(9)12/h5H,2-4H2,1H3,(H2,9,12)(H,10,13). The maximum atomic E-state index is 10.5. The lowest BCUT2D eigenvalue weighted by Gasteiger charge is -1.99. The third kappa shape index (κ3) is 3.02. The summed E-state index contributed by atoms with van der Waals surface area (Å²) in [5.41, 5.74) is 6.05. The molecule has 1 rings (SSSR count). The Bertz CT molecular complexity index is 353. The predicted octanol–water partition coefficient (Wildman–Crippen LogP) is 1.12. The monoisotopic (exact) mass is 199 g/mol. The van der Waals surface area contributed by atoms with Gasteiger partial charge in [-0.3, -0.25) is 4.79 Å². The number of imidazole rings is 1. The molecule has 0 radical (unpaired) electrons. The predicted molar refractivity (Wildman–Crippen MR) is 52.8 cm³/mol. The first-order valence-electron chi connectivity index (χ1n) is 4.14. The summed E-state index contributed by atoms with van der Waals surface area (Å²) in [5, 5.41) is 0. The summed E-state index contributed by atoms with van der Waals surface area (Å²) in [6, 6.07) is 0. The molecule has 0 aliphatic carbocycles. The average molecular weight is 199 g/mol. The fraction of sp³-hybridized carbons (Fsp3) is 0.500. The fourth-order valence-corrected chi connectivity index (χ4v) is 1.46. The van der Waals surface area contributed by atoms with E-state index in [1.165, 1.54) is 0 Å². The molecule has 5 heteroatoms. The molecule has 0 bridgehead atoms. The van der Waals surface area contributed by atoms with Gasteiger partial charge in [0.05, 0.1) is 0 Å². The first kappa shape index (κ1) is 9.98. The minimum atomic E-state index is -0.265. The molecule has 0 aromatic carbocycles. The largest absolute Gasteiger partial charge is 0.370 e. The maximum absolute atomic E-state index is 10.5. The Morgan fingerprint density at radius 3 is 2.92 bits per heavy atom. The summed E-state index contributed by atoms with van der Waals surface area (Å²) >= 11 is 5.04. The normalized spacial score (nSPS) is 10.2. The lowest BCUT2D eigenvalue weighted by Crippen LogP contribution is -2.11. The van der Waals surface area contributed by atoms with Crippen molar-refractivity contribution in [3.8, 4) is 0 Å². The van der Waals surface area contributed by atoms with Crippen LogP contribution >= 0.6 is 12.2 Å². The summed E-state index contributed by atoms with van der Waals surface area (Å²) in [5.74, 6) is -0.265. The summed E-state index contributed by atoms with van der Waals surface area (Å²) < 4.78 is 2.61. The molecule has 0 aliphatic rings. The molecule has 72 valence electrons. The van der Waals surface area contributed by atoms with Crippen LogP contribution in [0.3, 0.4) is 0 Å². The molecule has 1 aromatic heterocycles. The van der Waals surface area contributed by atoms with Gasteiger partial charge in [0.2, 0.25) is 5.91 Å². The topological polar surface area (TPSA) is 63.8 Å². The molecule has 4 nitrogen and oxygen atoms in total. The lowest BCUT2D eigenvalue weighted by molar-refractivity contribution is -0.118. The van der Waals surface area contributed by atoms with Crippen molar-refractivity contribution in [3.05, 3.63) is 16.7 Å². The molecule has 0 saturated carbocycles. The number of nitrogens with one attached hydrogen (secondary N) is 1. The van der Waals surface area contributed by atoms with Gasteiger partial charge in [0.1, 0.15) is 0 Å². The second kappa shape index (κ2) is 4.23. The van der Waals surface area contributed by atoms with Gasteiger partial charge in [-0.05, 0) is 25.6 Å². The molecule has 1 heterocycles. The van der Waals surface area contributed by atoms with Crippen molar-refractivity contribution in [2.24, 2.45) is 5.73 Å². The molecule has 0 aliphatic heterocycles. The van der Waals surface area contributed by atoms with Crippen LogP contribution in [0.15, 0.2) is 6.20 Å². The number of hydrogen-bond donors (Lipinski definition) is 2. The van der Waals surface area contributed by atoms with E-state index in [2.05, 4.69) is 4.98 Å². The number of rotatable bonds is 4. The Balaban J connectivity index is 2.50. The van der Waals surface area contributed by atoms with E-state index < -0.39 is 0 Å². The number of hydrogen-bond acceptors (Lipinski definition) is 2. The van der Waals surface area contributed by atoms with E-state index in [1.54, 1.807) is 0 Å². The molecule has 0 spiro atoms. The number of nitrogens with zero attached hydrogens (tertiary/aromatic N) is 1. The number of aryl methyl sites for hydroxylation is 2. The van der Waals surface area contributed by atoms with Gasteiger partial charge in [-0.15, -0.1) is 0 Å². The van der Waals surface area contributed by atoms with E-state index in [9.17, 15) is 4.79 Å². The highest BCUT2D eigenvalue weighted by Gasteiger charge is 1.98. The summed E-state index contributed by atoms with van der Waals surface area (Å²) in [4.78, 5) is 13.5. The quantitative estimate of drug-likeness (QED) is 0.714. The Labute approximate surface area is 81.8 Å². The first-order chi connectivity index (χ1) is 6.09. The molecule has 0 atom stereocenters. The van der Waals surface area contributed by atoms with Crippen LogP contribution in [0.4, 0.5) is 0 Å². The van der Waals surface area contributed by atoms with Crippen molar-refractivity contribution < 1.29 is 4.79 Å². The van der Waals surface area contributed by atoms with Gasteiger partial charge in [0.25, 0.3) is 0 Å². The third-order valence-electron chi connectivity index (χ3n) is 1.74. The van der Waals surface area contributed by atoms with Gasteiger partial charge in [-0.1, -0.05) is 0 Å². The van der Waals surface area contributed by atoms with Crippen LogP contribution in [0.1, 0.15) is 18.5 Å². The highest BCUT2D eigenvalue weighted by molar-refractivity contribution is 7.71. The fourth-order valence-electron chi connectivity index (χ4n) is 1.15. The van der Waals surface area contributed by atoms with E-state index in [0.29, 0.717) is 11.2 Å². The Morgan fingerprint density at radius 2 is 2.46 bits per heavy atom. The van der Waals surface area contributed by atoms with Crippen molar-refractivity contribution in [1.82, 2.24) is 9.55 Å². The zero-order valence-electron chi connectivity index (χ0n) is 7.54. The van der Waals surface area contributed by atoms with Crippen molar-refractivity contribution >= 4 is 18.1 Å². The lowest BCUT2D eigenvalue weighted by atomic mass is 10.3. The number of nitrogens with two attached hydrogens (primary N) is 1. The summed E-state index contributed by atoms with van der Waals surface area (Å²) in [6.45, 7) is 2.69. The summed E-state index contributed by atoms with van der Waals surface area (Å²) in [6.07, 6.45) is 3.08. The average Bonchev–Trinajstić information content (AvgIpc) is 2.29. The number of carbonyl (C=O) groups is 1. The minimum absolute atomic E-state index is 0.265. The number of aromatic nitrogens is 2. The van der Waals surface area contributed by atoms with Crippen molar-refractivity contribution in [2.75, 3.05) is 0 Å². The zero-order valence-corrected chi connectivity index (χ0v) is 8.36. The van der Waals surface area contributed by atoms with E-state index in [4.69, 9.17) is 18.0 Å². The van der Waals surface area contributed by atoms with E-state index >= 15 is 0 Å². The molecule has 13 heavy (non-hydrogen) atoms. The first-order valence-corrected chi connectivity index (χ1v) is 4.55. The van der Waals surface area contributed by atoms with Crippen LogP contribution in [-0.2, 0) is 11.3 Å². The van der Waals surface area contributed by atoms with Crippen LogP contribution in [0.5, 0.6) is 0 Å².